The molecule has 1 aliphatic carbocycles. The normalized spacial score (nSPS) is 16.5. The first-order valence-corrected chi connectivity index (χ1v) is 10.2. The number of aliphatic imine (C=N–C) groups is 1. The maximum Gasteiger partial charge on any atom is 0.223 e. The van der Waals surface area contributed by atoms with Crippen molar-refractivity contribution in [3.63, 3.8) is 0 Å². The summed E-state index contributed by atoms with van der Waals surface area (Å²) in [5.41, 5.74) is 0.0565. The fraction of sp³-hybridized carbons (Fsp3) is 0.684. The summed E-state index contributed by atoms with van der Waals surface area (Å²) < 4.78 is 0. The maximum absolute atomic E-state index is 12.1. The molecule has 0 unspecified atom stereocenters. The number of amides is 1. The van der Waals surface area contributed by atoms with Crippen LogP contribution in [0.4, 0.5) is 0 Å². The van der Waals surface area contributed by atoms with Crippen molar-refractivity contribution in [2.75, 3.05) is 26.7 Å². The quantitative estimate of drug-likeness (QED) is 0.396. The topological polar surface area (TPSA) is 65.5 Å². The Morgan fingerprint density at radius 1 is 1.20 bits per heavy atom. The van der Waals surface area contributed by atoms with Gasteiger partial charge in [-0.05, 0) is 24.3 Å². The number of thiophene rings is 1. The molecule has 0 saturated heterocycles. The van der Waals surface area contributed by atoms with Crippen molar-refractivity contribution in [2.24, 2.45) is 10.9 Å². The van der Waals surface area contributed by atoms with Crippen LogP contribution in [0.1, 0.15) is 50.8 Å². The van der Waals surface area contributed by atoms with Crippen LogP contribution < -0.4 is 16.0 Å². The standard InChI is InChI=1S/C19H32N4OS/c1-19(2,16-10-7-13-25-16)14-23-18(20-3)22-12-11-21-17(24)15-8-5-4-6-9-15/h7,10,13,15H,4-6,8-9,11-12,14H2,1-3H3,(H,21,24)(H2,20,22,23). The number of guanidine groups is 1. The summed E-state index contributed by atoms with van der Waals surface area (Å²) in [6, 6.07) is 4.26. The van der Waals surface area contributed by atoms with Crippen molar-refractivity contribution in [1.29, 1.82) is 0 Å². The molecule has 5 nitrogen and oxygen atoms in total. The number of nitrogens with one attached hydrogen (secondary N) is 3. The summed E-state index contributed by atoms with van der Waals surface area (Å²) in [5.74, 6) is 1.21. The van der Waals surface area contributed by atoms with Crippen LogP contribution in [0.2, 0.25) is 0 Å². The Morgan fingerprint density at radius 2 is 1.92 bits per heavy atom. The monoisotopic (exact) mass is 364 g/mol. The third-order valence-corrected chi connectivity index (χ3v) is 6.04. The van der Waals surface area contributed by atoms with Gasteiger partial charge >= 0.3 is 0 Å². The van der Waals surface area contributed by atoms with Gasteiger partial charge in [0.25, 0.3) is 0 Å². The van der Waals surface area contributed by atoms with E-state index in [2.05, 4.69) is 52.3 Å². The zero-order valence-corrected chi connectivity index (χ0v) is 16.5. The van der Waals surface area contributed by atoms with E-state index in [0.29, 0.717) is 13.1 Å². The van der Waals surface area contributed by atoms with Gasteiger partial charge < -0.3 is 16.0 Å². The molecule has 1 aromatic rings. The molecule has 0 aliphatic heterocycles. The van der Waals surface area contributed by atoms with Crippen molar-refractivity contribution in [1.82, 2.24) is 16.0 Å². The van der Waals surface area contributed by atoms with Crippen LogP contribution in [-0.2, 0) is 10.2 Å². The van der Waals surface area contributed by atoms with E-state index in [0.717, 1.165) is 25.3 Å². The molecule has 0 bridgehead atoms. The minimum Gasteiger partial charge on any atom is -0.356 e. The van der Waals surface area contributed by atoms with Crippen LogP contribution in [0.5, 0.6) is 0 Å². The smallest absolute Gasteiger partial charge is 0.223 e. The Balaban J connectivity index is 1.65. The van der Waals surface area contributed by atoms with E-state index in [1.165, 1.54) is 24.1 Å². The summed E-state index contributed by atoms with van der Waals surface area (Å²) in [6.07, 6.45) is 5.73. The predicted octanol–water partition coefficient (Wildman–Crippen LogP) is 2.89. The van der Waals surface area contributed by atoms with Crippen LogP contribution in [0, 0.1) is 5.92 Å². The van der Waals surface area contributed by atoms with Gasteiger partial charge in [0.2, 0.25) is 5.91 Å². The molecule has 6 heteroatoms. The summed E-state index contributed by atoms with van der Waals surface area (Å²) in [6.45, 7) is 6.57. The van der Waals surface area contributed by atoms with Crippen molar-refractivity contribution in [3.05, 3.63) is 22.4 Å². The van der Waals surface area contributed by atoms with Gasteiger partial charge in [0, 0.05) is 42.9 Å². The fourth-order valence-electron chi connectivity index (χ4n) is 3.15. The molecular weight excluding hydrogens is 332 g/mol. The Bertz CT molecular complexity index is 548. The molecule has 1 saturated carbocycles. The minimum absolute atomic E-state index is 0.0565. The molecular formula is C19H32N4OS. The zero-order valence-electron chi connectivity index (χ0n) is 15.7. The molecule has 0 atom stereocenters. The van der Waals surface area contributed by atoms with Gasteiger partial charge in [0.15, 0.2) is 5.96 Å². The highest BCUT2D eigenvalue weighted by Gasteiger charge is 2.22. The highest BCUT2D eigenvalue weighted by molar-refractivity contribution is 7.10. The van der Waals surface area contributed by atoms with Gasteiger partial charge in [0.05, 0.1) is 0 Å². The molecule has 0 radical (unpaired) electrons. The third-order valence-electron chi connectivity index (χ3n) is 4.80. The van der Waals surface area contributed by atoms with Crippen molar-refractivity contribution in [2.45, 2.75) is 51.4 Å². The average Bonchev–Trinajstić information content (AvgIpc) is 3.17. The lowest BCUT2D eigenvalue weighted by Gasteiger charge is -2.25. The third kappa shape index (κ3) is 6.34. The second-order valence-electron chi connectivity index (χ2n) is 7.34. The molecule has 140 valence electrons. The molecule has 1 aromatic heterocycles. The van der Waals surface area contributed by atoms with Gasteiger partial charge in [-0.15, -0.1) is 11.3 Å². The number of carbonyl (C=O) groups excluding carboxylic acids is 1. The molecule has 0 aromatic carbocycles. The molecule has 1 fully saturated rings. The summed E-state index contributed by atoms with van der Waals surface area (Å²) >= 11 is 1.78. The van der Waals surface area contributed by atoms with Crippen LogP contribution in [0.15, 0.2) is 22.5 Å². The highest BCUT2D eigenvalue weighted by Crippen LogP contribution is 2.26. The molecule has 0 spiro atoms. The Kier molecular flexibility index (Phi) is 7.75. The average molecular weight is 365 g/mol. The van der Waals surface area contributed by atoms with Gasteiger partial charge in [0.1, 0.15) is 0 Å². The Hall–Kier alpha value is -1.56. The number of hydrogen-bond acceptors (Lipinski definition) is 3. The molecule has 1 amide bonds. The highest BCUT2D eigenvalue weighted by atomic mass is 32.1. The number of rotatable bonds is 7. The van der Waals surface area contributed by atoms with Crippen molar-refractivity contribution >= 4 is 23.2 Å². The molecule has 1 aliphatic rings. The Morgan fingerprint density at radius 3 is 2.56 bits per heavy atom. The van der Waals surface area contributed by atoms with Crippen molar-refractivity contribution < 1.29 is 4.79 Å². The number of nitrogens with zero attached hydrogens (tertiary/aromatic N) is 1. The number of carbonyl (C=O) groups is 1. The summed E-state index contributed by atoms with van der Waals surface area (Å²) in [4.78, 5) is 17.7. The predicted molar refractivity (Wildman–Crippen MR) is 106 cm³/mol. The number of hydrogen-bond donors (Lipinski definition) is 3. The van der Waals surface area contributed by atoms with E-state index >= 15 is 0 Å². The summed E-state index contributed by atoms with van der Waals surface area (Å²) in [5, 5.41) is 11.8. The van der Waals surface area contributed by atoms with E-state index in [1.807, 2.05) is 0 Å². The van der Waals surface area contributed by atoms with Crippen molar-refractivity contribution in [3.8, 4) is 0 Å². The van der Waals surface area contributed by atoms with Crippen LogP contribution in [0.3, 0.4) is 0 Å². The van der Waals surface area contributed by atoms with Gasteiger partial charge in [-0.3, -0.25) is 9.79 Å². The van der Waals surface area contributed by atoms with Gasteiger partial charge in [-0.25, -0.2) is 0 Å². The van der Waals surface area contributed by atoms with Gasteiger partial charge in [-0.1, -0.05) is 39.2 Å². The molecule has 2 rings (SSSR count). The summed E-state index contributed by atoms with van der Waals surface area (Å²) in [7, 11) is 1.77. The lowest BCUT2D eigenvalue weighted by Crippen LogP contribution is -2.45. The second-order valence-corrected chi connectivity index (χ2v) is 8.29. The maximum atomic E-state index is 12.1. The lowest BCUT2D eigenvalue weighted by atomic mass is 9.89. The van der Waals surface area contributed by atoms with Gasteiger partial charge in [-0.2, -0.15) is 0 Å². The van der Waals surface area contributed by atoms with E-state index in [9.17, 15) is 4.79 Å². The van der Waals surface area contributed by atoms with Crippen LogP contribution in [0.25, 0.3) is 0 Å². The molecule has 1 heterocycles. The first-order chi connectivity index (χ1) is 12.0. The van der Waals surface area contributed by atoms with E-state index in [-0.39, 0.29) is 17.2 Å². The largest absolute Gasteiger partial charge is 0.356 e. The molecule has 25 heavy (non-hydrogen) atoms. The molecule has 3 N–H and O–H groups in total. The fourth-order valence-corrected chi connectivity index (χ4v) is 4.00. The first kappa shape index (κ1) is 19.8. The SMILES string of the molecule is CN=C(NCCNC(=O)C1CCCCC1)NCC(C)(C)c1cccs1. The van der Waals surface area contributed by atoms with E-state index < -0.39 is 0 Å². The van der Waals surface area contributed by atoms with E-state index in [4.69, 9.17) is 0 Å². The Labute approximate surface area is 155 Å². The van der Waals surface area contributed by atoms with Crippen LogP contribution in [-0.4, -0.2) is 38.5 Å². The second kappa shape index (κ2) is 9.80. The minimum atomic E-state index is 0.0565. The zero-order chi connectivity index (χ0) is 18.1. The lowest BCUT2D eigenvalue weighted by molar-refractivity contribution is -0.125. The first-order valence-electron chi connectivity index (χ1n) is 9.29. The van der Waals surface area contributed by atoms with E-state index in [1.54, 1.807) is 18.4 Å². The van der Waals surface area contributed by atoms with Crippen LogP contribution >= 0.6 is 11.3 Å².